The molecule has 4 aromatic rings. The zero-order valence-corrected chi connectivity index (χ0v) is 16.3. The second-order valence-electron chi connectivity index (χ2n) is 6.54. The number of hydrogen-bond acceptors (Lipinski definition) is 3. The standard InChI is InChI=1S/C22H16ClF3N2O2/c23-16-8-11-20-19(12-16)27-21(14-29-17-4-2-1-3-5-17)28(20)13-15-6-9-18(10-7-15)30-22(24,25)26/h1-12H,13-14H2. The van der Waals surface area contributed by atoms with Gasteiger partial charge < -0.3 is 14.0 Å². The number of imidazole rings is 1. The lowest BCUT2D eigenvalue weighted by atomic mass is 10.2. The van der Waals surface area contributed by atoms with E-state index >= 15 is 0 Å². The molecule has 0 atom stereocenters. The molecule has 4 rings (SSSR count). The molecule has 0 bridgehead atoms. The summed E-state index contributed by atoms with van der Waals surface area (Å²) in [6, 6.07) is 20.5. The molecular formula is C22H16ClF3N2O2. The van der Waals surface area contributed by atoms with Crippen LogP contribution in [0.15, 0.2) is 72.8 Å². The molecule has 1 aromatic heterocycles. The Morgan fingerprint density at radius 2 is 1.63 bits per heavy atom. The summed E-state index contributed by atoms with van der Waals surface area (Å²) in [6.07, 6.45) is -4.72. The van der Waals surface area contributed by atoms with Crippen LogP contribution >= 0.6 is 11.6 Å². The fraction of sp³-hybridized carbons (Fsp3) is 0.136. The Balaban J connectivity index is 1.61. The first-order chi connectivity index (χ1) is 14.4. The van der Waals surface area contributed by atoms with Crippen LogP contribution < -0.4 is 9.47 Å². The third-order valence-corrected chi connectivity index (χ3v) is 4.63. The molecule has 0 radical (unpaired) electrons. The van der Waals surface area contributed by atoms with Crippen LogP contribution in [0.1, 0.15) is 11.4 Å². The number of nitrogens with zero attached hydrogens (tertiary/aromatic N) is 2. The Kier molecular flexibility index (Phi) is 5.55. The van der Waals surface area contributed by atoms with Crippen molar-refractivity contribution in [2.75, 3.05) is 0 Å². The van der Waals surface area contributed by atoms with Crippen LogP contribution in [-0.4, -0.2) is 15.9 Å². The van der Waals surface area contributed by atoms with E-state index in [0.717, 1.165) is 11.1 Å². The number of benzene rings is 3. The van der Waals surface area contributed by atoms with Crippen LogP contribution in [0.4, 0.5) is 13.2 Å². The van der Waals surface area contributed by atoms with Crippen molar-refractivity contribution in [1.29, 1.82) is 0 Å². The maximum atomic E-state index is 12.4. The van der Waals surface area contributed by atoms with Crippen molar-refractivity contribution >= 4 is 22.6 Å². The van der Waals surface area contributed by atoms with Gasteiger partial charge in [0.1, 0.15) is 23.9 Å². The fourth-order valence-corrected chi connectivity index (χ4v) is 3.25. The third kappa shape index (κ3) is 4.86. The highest BCUT2D eigenvalue weighted by Gasteiger charge is 2.30. The molecule has 0 saturated heterocycles. The Hall–Kier alpha value is -3.19. The number of ether oxygens (including phenoxy) is 2. The van der Waals surface area contributed by atoms with Gasteiger partial charge in [0.25, 0.3) is 0 Å². The highest BCUT2D eigenvalue weighted by molar-refractivity contribution is 6.31. The predicted molar refractivity (Wildman–Crippen MR) is 108 cm³/mol. The second-order valence-corrected chi connectivity index (χ2v) is 6.98. The lowest BCUT2D eigenvalue weighted by Crippen LogP contribution is -2.17. The number of fused-ring (bicyclic) bond motifs is 1. The van der Waals surface area contributed by atoms with E-state index in [9.17, 15) is 13.2 Å². The molecule has 0 aliphatic carbocycles. The number of aromatic nitrogens is 2. The topological polar surface area (TPSA) is 36.3 Å². The van der Waals surface area contributed by atoms with Gasteiger partial charge in [-0.05, 0) is 48.0 Å². The van der Waals surface area contributed by atoms with Crippen molar-refractivity contribution in [2.24, 2.45) is 0 Å². The first-order valence-corrected chi connectivity index (χ1v) is 9.42. The van der Waals surface area contributed by atoms with E-state index in [0.29, 0.717) is 28.7 Å². The maximum Gasteiger partial charge on any atom is 0.573 e. The molecular weight excluding hydrogens is 417 g/mol. The first kappa shape index (κ1) is 20.1. The highest BCUT2D eigenvalue weighted by atomic mass is 35.5. The second kappa shape index (κ2) is 8.28. The summed E-state index contributed by atoms with van der Waals surface area (Å²) in [7, 11) is 0. The van der Waals surface area contributed by atoms with Gasteiger partial charge >= 0.3 is 6.36 Å². The van der Waals surface area contributed by atoms with Gasteiger partial charge in [-0.25, -0.2) is 4.98 Å². The molecule has 1 heterocycles. The number of hydrogen-bond donors (Lipinski definition) is 0. The summed E-state index contributed by atoms with van der Waals surface area (Å²) in [5.74, 6) is 1.12. The van der Waals surface area contributed by atoms with Crippen molar-refractivity contribution in [3.8, 4) is 11.5 Å². The fourth-order valence-electron chi connectivity index (χ4n) is 3.08. The van der Waals surface area contributed by atoms with Gasteiger partial charge in [-0.15, -0.1) is 13.2 Å². The number of rotatable bonds is 6. The molecule has 0 fully saturated rings. The zero-order chi connectivity index (χ0) is 21.1. The number of para-hydroxylation sites is 1. The molecule has 0 aliphatic rings. The Bertz CT molecular complexity index is 1140. The summed E-state index contributed by atoms with van der Waals surface area (Å²) < 4.78 is 48.8. The molecule has 8 heteroatoms. The first-order valence-electron chi connectivity index (χ1n) is 9.04. The summed E-state index contributed by atoms with van der Waals surface area (Å²) >= 11 is 6.10. The molecule has 0 N–H and O–H groups in total. The quantitative estimate of drug-likeness (QED) is 0.363. The van der Waals surface area contributed by atoms with Crippen LogP contribution in [0.3, 0.4) is 0 Å². The monoisotopic (exact) mass is 432 g/mol. The van der Waals surface area contributed by atoms with Crippen molar-refractivity contribution in [1.82, 2.24) is 9.55 Å². The number of alkyl halides is 3. The lowest BCUT2D eigenvalue weighted by molar-refractivity contribution is -0.274. The van der Waals surface area contributed by atoms with Crippen LogP contribution in [0.5, 0.6) is 11.5 Å². The van der Waals surface area contributed by atoms with E-state index in [2.05, 4.69) is 9.72 Å². The molecule has 154 valence electrons. The van der Waals surface area contributed by atoms with Crippen LogP contribution in [0.25, 0.3) is 11.0 Å². The molecule has 4 nitrogen and oxygen atoms in total. The summed E-state index contributed by atoms with van der Waals surface area (Å²) in [4.78, 5) is 4.63. The van der Waals surface area contributed by atoms with Crippen LogP contribution in [0.2, 0.25) is 5.02 Å². The minimum absolute atomic E-state index is 0.228. The van der Waals surface area contributed by atoms with Gasteiger partial charge in [0.05, 0.1) is 11.0 Å². The SMILES string of the molecule is FC(F)(F)Oc1ccc(Cn2c(COc3ccccc3)nc3cc(Cl)ccc32)cc1. The van der Waals surface area contributed by atoms with Gasteiger partial charge in [0.2, 0.25) is 0 Å². The van der Waals surface area contributed by atoms with Crippen molar-refractivity contribution in [2.45, 2.75) is 19.5 Å². The lowest BCUT2D eigenvalue weighted by Gasteiger charge is -2.12. The molecule has 0 spiro atoms. The molecule has 0 amide bonds. The van der Waals surface area contributed by atoms with E-state index in [1.165, 1.54) is 12.1 Å². The van der Waals surface area contributed by atoms with Crippen LogP contribution in [0, 0.1) is 0 Å². The largest absolute Gasteiger partial charge is 0.573 e. The van der Waals surface area contributed by atoms with E-state index in [1.807, 2.05) is 41.0 Å². The molecule has 0 saturated carbocycles. The van der Waals surface area contributed by atoms with Crippen LogP contribution in [-0.2, 0) is 13.2 Å². The van der Waals surface area contributed by atoms with E-state index in [-0.39, 0.29) is 12.4 Å². The summed E-state index contributed by atoms with van der Waals surface area (Å²) in [6.45, 7) is 0.628. The van der Waals surface area contributed by atoms with Gasteiger partial charge in [-0.1, -0.05) is 41.9 Å². The average molecular weight is 433 g/mol. The molecule has 30 heavy (non-hydrogen) atoms. The van der Waals surface area contributed by atoms with E-state index < -0.39 is 6.36 Å². The predicted octanol–water partition coefficient (Wildman–Crippen LogP) is 6.22. The summed E-state index contributed by atoms with van der Waals surface area (Å²) in [5, 5.41) is 0.566. The van der Waals surface area contributed by atoms with Gasteiger partial charge in [0, 0.05) is 11.6 Å². The average Bonchev–Trinajstić information content (AvgIpc) is 3.04. The Morgan fingerprint density at radius 3 is 2.33 bits per heavy atom. The summed E-state index contributed by atoms with van der Waals surface area (Å²) in [5.41, 5.74) is 2.35. The normalized spacial score (nSPS) is 11.6. The minimum atomic E-state index is -4.72. The van der Waals surface area contributed by atoms with Crippen molar-refractivity contribution < 1.29 is 22.6 Å². The van der Waals surface area contributed by atoms with Gasteiger partial charge in [-0.3, -0.25) is 0 Å². The zero-order valence-electron chi connectivity index (χ0n) is 15.6. The Labute approximate surface area is 175 Å². The van der Waals surface area contributed by atoms with Crippen molar-refractivity contribution in [3.05, 3.63) is 89.2 Å². The molecule has 3 aromatic carbocycles. The highest BCUT2D eigenvalue weighted by Crippen LogP contribution is 2.25. The molecule has 0 aliphatic heterocycles. The molecule has 0 unspecified atom stereocenters. The number of halogens is 4. The Morgan fingerprint density at radius 1 is 0.900 bits per heavy atom. The van der Waals surface area contributed by atoms with Gasteiger partial charge in [0.15, 0.2) is 0 Å². The van der Waals surface area contributed by atoms with Gasteiger partial charge in [-0.2, -0.15) is 0 Å². The third-order valence-electron chi connectivity index (χ3n) is 4.40. The van der Waals surface area contributed by atoms with E-state index in [1.54, 1.807) is 24.3 Å². The minimum Gasteiger partial charge on any atom is -0.486 e. The maximum absolute atomic E-state index is 12.4. The van der Waals surface area contributed by atoms with Crippen molar-refractivity contribution in [3.63, 3.8) is 0 Å². The smallest absolute Gasteiger partial charge is 0.486 e. The van der Waals surface area contributed by atoms with E-state index in [4.69, 9.17) is 16.3 Å².